The molecule has 0 bridgehead atoms. The van der Waals surface area contributed by atoms with E-state index >= 15 is 0 Å². The Morgan fingerprint density at radius 2 is 1.79 bits per heavy atom. The number of ether oxygens (including phenoxy) is 1. The molecule has 1 amide bonds. The van der Waals surface area contributed by atoms with Crippen molar-refractivity contribution in [3.05, 3.63) is 84.2 Å². The number of carbonyl (C=O) groups is 1. The number of fused-ring (bicyclic) bond motifs is 1. The molecular formula is C24H23IN4O4. The second-order valence-corrected chi connectivity index (χ2v) is 9.84. The maximum absolute atomic E-state index is 13.6. The van der Waals surface area contributed by atoms with E-state index in [1.54, 1.807) is 12.1 Å². The Morgan fingerprint density at radius 1 is 1.09 bits per heavy atom. The first-order valence-electron chi connectivity index (χ1n) is 10.2. The van der Waals surface area contributed by atoms with Gasteiger partial charge in [-0.25, -0.2) is 19.3 Å². The summed E-state index contributed by atoms with van der Waals surface area (Å²) in [7, 11) is 1.37. The number of nitrogens with two attached hydrogens (primary N) is 1. The summed E-state index contributed by atoms with van der Waals surface area (Å²) in [5.41, 5.74) is 5.49. The van der Waals surface area contributed by atoms with Gasteiger partial charge in [0.2, 0.25) is 0 Å². The highest BCUT2D eigenvalue weighted by Crippen LogP contribution is 2.33. The molecule has 0 saturated heterocycles. The largest absolute Gasteiger partial charge is 0.494 e. The number of benzene rings is 3. The highest BCUT2D eigenvalue weighted by molar-refractivity contribution is 14.1. The summed E-state index contributed by atoms with van der Waals surface area (Å²) >= 11 is 2.13. The molecule has 0 fully saturated rings. The lowest BCUT2D eigenvalue weighted by Crippen LogP contribution is -2.29. The first-order valence-corrected chi connectivity index (χ1v) is 11.3. The van der Waals surface area contributed by atoms with Gasteiger partial charge in [0, 0.05) is 8.96 Å². The fraction of sp³-hybridized carbons (Fsp3) is 0.208. The molecule has 3 aromatic carbocycles. The fourth-order valence-electron chi connectivity index (χ4n) is 3.81. The molecule has 9 heteroatoms. The number of aromatic amines is 1. The number of nitrogens with zero attached hydrogens (tertiary/aromatic N) is 2. The van der Waals surface area contributed by atoms with Crippen LogP contribution < -0.4 is 21.9 Å². The Kier molecular flexibility index (Phi) is 5.69. The normalized spacial score (nSPS) is 11.7. The predicted octanol–water partition coefficient (Wildman–Crippen LogP) is 3.48. The van der Waals surface area contributed by atoms with E-state index in [2.05, 4.69) is 27.7 Å². The van der Waals surface area contributed by atoms with Crippen LogP contribution in [0.5, 0.6) is 5.75 Å². The van der Waals surface area contributed by atoms with Crippen LogP contribution in [0.2, 0.25) is 0 Å². The number of primary amides is 1. The zero-order valence-electron chi connectivity index (χ0n) is 18.6. The SMILES string of the molecule is COc1c(C(N)=O)cc(C(C)(C)C)cc1-n1c(=O)[nH]n(-c2c(I)ccc3ccccc23)c1=O. The number of nitrogens with one attached hydrogen (secondary N) is 1. The Morgan fingerprint density at radius 3 is 2.42 bits per heavy atom. The number of hydrogen-bond donors (Lipinski definition) is 2. The zero-order valence-corrected chi connectivity index (χ0v) is 20.8. The Hall–Kier alpha value is -3.34. The molecular weight excluding hydrogens is 535 g/mol. The quantitative estimate of drug-likeness (QED) is 0.374. The van der Waals surface area contributed by atoms with Crippen molar-refractivity contribution in [1.29, 1.82) is 0 Å². The lowest BCUT2D eigenvalue weighted by atomic mass is 9.85. The summed E-state index contributed by atoms with van der Waals surface area (Å²) < 4.78 is 8.43. The zero-order chi connectivity index (χ0) is 24.1. The van der Waals surface area contributed by atoms with E-state index in [9.17, 15) is 14.4 Å². The molecule has 0 radical (unpaired) electrons. The van der Waals surface area contributed by atoms with Gasteiger partial charge < -0.3 is 10.5 Å². The van der Waals surface area contributed by atoms with Crippen molar-refractivity contribution in [1.82, 2.24) is 14.3 Å². The third-order valence-corrected chi connectivity index (χ3v) is 6.38. The van der Waals surface area contributed by atoms with Crippen LogP contribution in [0.4, 0.5) is 0 Å². The molecule has 4 aromatic rings. The summed E-state index contributed by atoms with van der Waals surface area (Å²) in [6.07, 6.45) is 0. The summed E-state index contributed by atoms with van der Waals surface area (Å²) in [5.74, 6) is -0.653. The minimum atomic E-state index is -0.716. The molecule has 170 valence electrons. The maximum Gasteiger partial charge on any atom is 0.356 e. The van der Waals surface area contributed by atoms with Crippen molar-refractivity contribution in [2.24, 2.45) is 5.73 Å². The summed E-state index contributed by atoms with van der Waals surface area (Å²) in [4.78, 5) is 38.9. The van der Waals surface area contributed by atoms with Crippen LogP contribution in [0.3, 0.4) is 0 Å². The molecule has 0 atom stereocenters. The smallest absolute Gasteiger partial charge is 0.356 e. The van der Waals surface area contributed by atoms with Crippen LogP contribution in [0.25, 0.3) is 22.1 Å². The fourth-order valence-corrected chi connectivity index (χ4v) is 4.52. The molecule has 0 aliphatic heterocycles. The molecule has 0 spiro atoms. The molecule has 0 unspecified atom stereocenters. The Bertz CT molecular complexity index is 1520. The van der Waals surface area contributed by atoms with Gasteiger partial charge >= 0.3 is 11.4 Å². The van der Waals surface area contributed by atoms with Gasteiger partial charge in [0.05, 0.1) is 24.0 Å². The van der Waals surface area contributed by atoms with Gasteiger partial charge in [-0.1, -0.05) is 51.1 Å². The van der Waals surface area contributed by atoms with Crippen LogP contribution >= 0.6 is 22.6 Å². The number of carbonyl (C=O) groups excluding carboxylic acids is 1. The van der Waals surface area contributed by atoms with Crippen molar-refractivity contribution in [3.8, 4) is 17.1 Å². The van der Waals surface area contributed by atoms with Gasteiger partial charge in [-0.05, 0) is 57.2 Å². The van der Waals surface area contributed by atoms with Crippen LogP contribution in [0, 0.1) is 3.57 Å². The first kappa shape index (κ1) is 22.8. The van der Waals surface area contributed by atoms with Gasteiger partial charge in [0.15, 0.2) is 5.75 Å². The van der Waals surface area contributed by atoms with E-state index in [-0.39, 0.29) is 22.4 Å². The molecule has 0 aliphatic carbocycles. The molecule has 1 heterocycles. The van der Waals surface area contributed by atoms with Crippen molar-refractivity contribution in [3.63, 3.8) is 0 Å². The Labute approximate surface area is 203 Å². The van der Waals surface area contributed by atoms with Crippen molar-refractivity contribution < 1.29 is 9.53 Å². The van der Waals surface area contributed by atoms with Crippen molar-refractivity contribution in [2.45, 2.75) is 26.2 Å². The number of aromatic nitrogens is 3. The minimum absolute atomic E-state index is 0.0634. The number of hydrogen-bond acceptors (Lipinski definition) is 4. The van der Waals surface area contributed by atoms with E-state index in [4.69, 9.17) is 10.5 Å². The average Bonchev–Trinajstić information content (AvgIpc) is 3.05. The lowest BCUT2D eigenvalue weighted by molar-refractivity contribution is 0.0997. The average molecular weight is 558 g/mol. The monoisotopic (exact) mass is 558 g/mol. The highest BCUT2D eigenvalue weighted by Gasteiger charge is 2.26. The number of H-pyrrole nitrogens is 1. The van der Waals surface area contributed by atoms with Crippen molar-refractivity contribution >= 4 is 39.3 Å². The second kappa shape index (κ2) is 8.22. The first-order chi connectivity index (χ1) is 15.5. The van der Waals surface area contributed by atoms with E-state index in [0.717, 1.165) is 24.5 Å². The van der Waals surface area contributed by atoms with Gasteiger partial charge in [0.25, 0.3) is 5.91 Å². The topological polar surface area (TPSA) is 112 Å². The van der Waals surface area contributed by atoms with Crippen LogP contribution in [-0.2, 0) is 5.41 Å². The Balaban J connectivity index is 2.09. The molecule has 0 saturated carbocycles. The maximum atomic E-state index is 13.6. The predicted molar refractivity (Wildman–Crippen MR) is 136 cm³/mol. The summed E-state index contributed by atoms with van der Waals surface area (Å²) in [5, 5.41) is 4.39. The van der Waals surface area contributed by atoms with Crippen molar-refractivity contribution in [2.75, 3.05) is 7.11 Å². The molecule has 4 rings (SSSR count). The number of methoxy groups -OCH3 is 1. The summed E-state index contributed by atoms with van der Waals surface area (Å²) in [6, 6.07) is 14.8. The van der Waals surface area contributed by atoms with E-state index in [1.165, 1.54) is 11.8 Å². The lowest BCUT2D eigenvalue weighted by Gasteiger charge is -2.22. The standard InChI is InChI=1S/C24H23IN4O4/c1-24(2,3)14-11-16(21(26)30)20(33-4)18(12-14)28-22(31)27-29(23(28)32)19-15-8-6-5-7-13(15)9-10-17(19)25/h5-12H,1-4H3,(H2,26,30)(H,27,31). The number of rotatable bonds is 4. The number of halogens is 1. The number of amides is 1. The summed E-state index contributed by atoms with van der Waals surface area (Å²) in [6.45, 7) is 5.88. The van der Waals surface area contributed by atoms with Crippen LogP contribution in [-0.4, -0.2) is 27.4 Å². The molecule has 33 heavy (non-hydrogen) atoms. The third kappa shape index (κ3) is 3.86. The van der Waals surface area contributed by atoms with Crippen LogP contribution in [0.1, 0.15) is 36.7 Å². The molecule has 0 aliphatic rings. The second-order valence-electron chi connectivity index (χ2n) is 8.68. The van der Waals surface area contributed by atoms with E-state index in [0.29, 0.717) is 5.69 Å². The molecule has 3 N–H and O–H groups in total. The van der Waals surface area contributed by atoms with Gasteiger partial charge in [-0.2, -0.15) is 4.68 Å². The minimum Gasteiger partial charge on any atom is -0.494 e. The van der Waals surface area contributed by atoms with Crippen LogP contribution in [0.15, 0.2) is 58.1 Å². The van der Waals surface area contributed by atoms with Gasteiger partial charge in [0.1, 0.15) is 0 Å². The highest BCUT2D eigenvalue weighted by atomic mass is 127. The van der Waals surface area contributed by atoms with Gasteiger partial charge in [-0.15, -0.1) is 0 Å². The van der Waals surface area contributed by atoms with E-state index < -0.39 is 17.3 Å². The molecule has 1 aromatic heterocycles. The molecule has 8 nitrogen and oxygen atoms in total. The van der Waals surface area contributed by atoms with E-state index in [1.807, 2.05) is 57.2 Å². The van der Waals surface area contributed by atoms with Gasteiger partial charge in [-0.3, -0.25) is 4.79 Å². The third-order valence-electron chi connectivity index (χ3n) is 5.51.